The average molecular weight is 295 g/mol. The lowest BCUT2D eigenvalue weighted by atomic mass is 10.1. The van der Waals surface area contributed by atoms with Crippen molar-refractivity contribution in [3.63, 3.8) is 0 Å². The van der Waals surface area contributed by atoms with Gasteiger partial charge in [0.2, 0.25) is 0 Å². The molecule has 1 aromatic heterocycles. The topological polar surface area (TPSA) is 57.8 Å². The SMILES string of the molecule is Cc1[nH]cnc1-c1cccc(NC(=O)c2ccccc2F)c1. The van der Waals surface area contributed by atoms with Crippen LogP contribution < -0.4 is 5.32 Å². The van der Waals surface area contributed by atoms with E-state index in [9.17, 15) is 9.18 Å². The summed E-state index contributed by atoms with van der Waals surface area (Å²) >= 11 is 0. The van der Waals surface area contributed by atoms with E-state index < -0.39 is 11.7 Å². The van der Waals surface area contributed by atoms with Crippen LogP contribution >= 0.6 is 0 Å². The van der Waals surface area contributed by atoms with E-state index in [4.69, 9.17) is 0 Å². The number of hydrogen-bond donors (Lipinski definition) is 2. The number of aromatic nitrogens is 2. The average Bonchev–Trinajstić information content (AvgIpc) is 2.94. The molecule has 2 N–H and O–H groups in total. The second-order valence-corrected chi connectivity index (χ2v) is 4.89. The highest BCUT2D eigenvalue weighted by molar-refractivity contribution is 6.04. The van der Waals surface area contributed by atoms with Gasteiger partial charge in [0.05, 0.1) is 17.6 Å². The van der Waals surface area contributed by atoms with Crippen molar-refractivity contribution in [2.24, 2.45) is 0 Å². The fourth-order valence-corrected chi connectivity index (χ4v) is 2.24. The first-order valence-corrected chi connectivity index (χ1v) is 6.81. The van der Waals surface area contributed by atoms with E-state index in [1.165, 1.54) is 12.1 Å². The van der Waals surface area contributed by atoms with Crippen molar-refractivity contribution in [3.8, 4) is 11.3 Å². The minimum Gasteiger partial charge on any atom is -0.348 e. The molecule has 0 unspecified atom stereocenters. The molecule has 3 aromatic rings. The van der Waals surface area contributed by atoms with Crippen molar-refractivity contribution in [1.82, 2.24) is 9.97 Å². The van der Waals surface area contributed by atoms with Crippen LogP contribution in [-0.2, 0) is 0 Å². The number of amides is 1. The van der Waals surface area contributed by atoms with Gasteiger partial charge in [-0.15, -0.1) is 0 Å². The summed E-state index contributed by atoms with van der Waals surface area (Å²) in [5, 5.41) is 2.70. The number of carbonyl (C=O) groups is 1. The molecule has 0 radical (unpaired) electrons. The minimum absolute atomic E-state index is 0.0175. The van der Waals surface area contributed by atoms with Gasteiger partial charge in [0, 0.05) is 16.9 Å². The smallest absolute Gasteiger partial charge is 0.258 e. The Kier molecular flexibility index (Phi) is 3.70. The number of anilines is 1. The number of halogens is 1. The van der Waals surface area contributed by atoms with Gasteiger partial charge in [0.1, 0.15) is 5.82 Å². The number of nitrogens with zero attached hydrogens (tertiary/aromatic N) is 1. The highest BCUT2D eigenvalue weighted by Gasteiger charge is 2.12. The fraction of sp³-hybridized carbons (Fsp3) is 0.0588. The van der Waals surface area contributed by atoms with Crippen LogP contribution in [0.15, 0.2) is 54.9 Å². The molecule has 0 bridgehead atoms. The third kappa shape index (κ3) is 2.74. The summed E-state index contributed by atoms with van der Waals surface area (Å²) in [6, 6.07) is 13.2. The van der Waals surface area contributed by atoms with Crippen LogP contribution in [-0.4, -0.2) is 15.9 Å². The maximum Gasteiger partial charge on any atom is 0.258 e. The summed E-state index contributed by atoms with van der Waals surface area (Å²) in [7, 11) is 0. The predicted molar refractivity (Wildman–Crippen MR) is 83.1 cm³/mol. The Hall–Kier alpha value is -2.95. The van der Waals surface area contributed by atoms with E-state index in [1.54, 1.807) is 24.5 Å². The van der Waals surface area contributed by atoms with Gasteiger partial charge in [-0.3, -0.25) is 4.79 Å². The molecule has 0 spiro atoms. The zero-order valence-corrected chi connectivity index (χ0v) is 11.9. The number of aromatic amines is 1. The molecule has 4 nitrogen and oxygen atoms in total. The van der Waals surface area contributed by atoms with Gasteiger partial charge in [-0.1, -0.05) is 24.3 Å². The number of benzene rings is 2. The van der Waals surface area contributed by atoms with Crippen molar-refractivity contribution in [1.29, 1.82) is 0 Å². The van der Waals surface area contributed by atoms with Crippen LogP contribution in [0.25, 0.3) is 11.3 Å². The molecule has 22 heavy (non-hydrogen) atoms. The van der Waals surface area contributed by atoms with Gasteiger partial charge in [-0.25, -0.2) is 9.37 Å². The van der Waals surface area contributed by atoms with Crippen molar-refractivity contribution in [2.75, 3.05) is 5.32 Å². The molecular formula is C17H14FN3O. The lowest BCUT2D eigenvalue weighted by Gasteiger charge is -2.07. The van der Waals surface area contributed by atoms with Gasteiger partial charge in [0.15, 0.2) is 0 Å². The van der Waals surface area contributed by atoms with Gasteiger partial charge >= 0.3 is 0 Å². The van der Waals surface area contributed by atoms with Crippen molar-refractivity contribution in [2.45, 2.75) is 6.92 Å². The molecule has 0 fully saturated rings. The van der Waals surface area contributed by atoms with Gasteiger partial charge < -0.3 is 10.3 Å². The number of imidazole rings is 1. The molecule has 0 saturated carbocycles. The summed E-state index contributed by atoms with van der Waals surface area (Å²) in [6.45, 7) is 1.92. The molecule has 5 heteroatoms. The molecule has 1 amide bonds. The number of H-pyrrole nitrogens is 1. The van der Waals surface area contributed by atoms with Crippen LogP contribution in [0.4, 0.5) is 10.1 Å². The number of carbonyl (C=O) groups excluding carboxylic acids is 1. The lowest BCUT2D eigenvalue weighted by molar-refractivity contribution is 0.102. The summed E-state index contributed by atoms with van der Waals surface area (Å²) in [5.74, 6) is -1.02. The number of hydrogen-bond acceptors (Lipinski definition) is 2. The minimum atomic E-state index is -0.542. The molecule has 0 aliphatic rings. The van der Waals surface area contributed by atoms with Crippen LogP contribution in [0.5, 0.6) is 0 Å². The predicted octanol–water partition coefficient (Wildman–Crippen LogP) is 3.78. The maximum absolute atomic E-state index is 13.6. The maximum atomic E-state index is 13.6. The Bertz CT molecular complexity index is 826. The molecule has 1 heterocycles. The standard InChI is InChI=1S/C17H14FN3O/c1-11-16(20-10-19-11)12-5-4-6-13(9-12)21-17(22)14-7-2-3-8-15(14)18/h2-10H,1H3,(H,19,20)(H,21,22). The van der Waals surface area contributed by atoms with Crippen LogP contribution in [0.2, 0.25) is 0 Å². The van der Waals surface area contributed by atoms with E-state index in [1.807, 2.05) is 25.1 Å². The molecule has 110 valence electrons. The summed E-state index contributed by atoms with van der Waals surface area (Å²) in [4.78, 5) is 19.4. The molecule has 0 aliphatic carbocycles. The monoisotopic (exact) mass is 295 g/mol. The quantitative estimate of drug-likeness (QED) is 0.772. The third-order valence-corrected chi connectivity index (χ3v) is 3.34. The normalized spacial score (nSPS) is 10.5. The van der Waals surface area contributed by atoms with Crippen LogP contribution in [0.1, 0.15) is 16.1 Å². The first kappa shape index (κ1) is 14.0. The molecular weight excluding hydrogens is 281 g/mol. The van der Waals surface area contributed by atoms with E-state index in [-0.39, 0.29) is 5.56 Å². The second-order valence-electron chi connectivity index (χ2n) is 4.89. The third-order valence-electron chi connectivity index (χ3n) is 3.34. The Morgan fingerprint density at radius 2 is 2.00 bits per heavy atom. The summed E-state index contributed by atoms with van der Waals surface area (Å²) in [6.07, 6.45) is 1.62. The molecule has 0 atom stereocenters. The van der Waals surface area contributed by atoms with Crippen molar-refractivity contribution < 1.29 is 9.18 Å². The molecule has 2 aromatic carbocycles. The van der Waals surface area contributed by atoms with Gasteiger partial charge in [0.25, 0.3) is 5.91 Å². The Balaban J connectivity index is 1.86. The second kappa shape index (κ2) is 5.81. The molecule has 3 rings (SSSR count). The highest BCUT2D eigenvalue weighted by Crippen LogP contribution is 2.23. The Morgan fingerprint density at radius 1 is 1.18 bits per heavy atom. The van der Waals surface area contributed by atoms with Crippen molar-refractivity contribution >= 4 is 11.6 Å². The zero-order chi connectivity index (χ0) is 15.5. The fourth-order valence-electron chi connectivity index (χ4n) is 2.24. The van der Waals surface area contributed by atoms with Gasteiger partial charge in [-0.05, 0) is 31.2 Å². The van der Waals surface area contributed by atoms with E-state index in [0.29, 0.717) is 5.69 Å². The zero-order valence-electron chi connectivity index (χ0n) is 11.9. The van der Waals surface area contributed by atoms with Crippen LogP contribution in [0, 0.1) is 12.7 Å². The first-order chi connectivity index (χ1) is 10.6. The number of nitrogens with one attached hydrogen (secondary N) is 2. The lowest BCUT2D eigenvalue weighted by Crippen LogP contribution is -2.13. The number of rotatable bonds is 3. The Morgan fingerprint density at radius 3 is 2.73 bits per heavy atom. The summed E-state index contributed by atoms with van der Waals surface area (Å²) < 4.78 is 13.6. The van der Waals surface area contributed by atoms with E-state index in [2.05, 4.69) is 15.3 Å². The van der Waals surface area contributed by atoms with E-state index >= 15 is 0 Å². The van der Waals surface area contributed by atoms with Crippen molar-refractivity contribution in [3.05, 3.63) is 71.9 Å². The highest BCUT2D eigenvalue weighted by atomic mass is 19.1. The van der Waals surface area contributed by atoms with Gasteiger partial charge in [-0.2, -0.15) is 0 Å². The first-order valence-electron chi connectivity index (χ1n) is 6.81. The molecule has 0 saturated heterocycles. The number of aryl methyl sites for hydroxylation is 1. The largest absolute Gasteiger partial charge is 0.348 e. The molecule has 0 aliphatic heterocycles. The van der Waals surface area contributed by atoms with E-state index in [0.717, 1.165) is 17.0 Å². The summed E-state index contributed by atoms with van der Waals surface area (Å²) in [5.41, 5.74) is 3.25. The van der Waals surface area contributed by atoms with Crippen LogP contribution in [0.3, 0.4) is 0 Å². The Labute approximate surface area is 127 Å².